The molecule has 132 valence electrons. The second-order valence-electron chi connectivity index (χ2n) is 7.79. The first kappa shape index (κ1) is 18.8. The van der Waals surface area contributed by atoms with E-state index in [1.165, 1.54) is 9.88 Å². The molecule has 1 atom stereocenters. The molecule has 1 aromatic heterocycles. The molecule has 0 aromatic carbocycles. The van der Waals surface area contributed by atoms with Gasteiger partial charge >= 0.3 is 0 Å². The fourth-order valence-electron chi connectivity index (χ4n) is 3.13. The Balaban J connectivity index is 2.01. The molecule has 0 amide bonds. The summed E-state index contributed by atoms with van der Waals surface area (Å²) in [6.07, 6.45) is 1.43. The van der Waals surface area contributed by atoms with Crippen LogP contribution in [0.1, 0.15) is 75.0 Å². The van der Waals surface area contributed by atoms with Crippen molar-refractivity contribution < 1.29 is 9.84 Å². The lowest BCUT2D eigenvalue weighted by Crippen LogP contribution is -2.53. The molecule has 1 saturated heterocycles. The van der Waals surface area contributed by atoms with Gasteiger partial charge in [-0.25, -0.2) is 4.98 Å². The third-order valence-corrected chi connectivity index (χ3v) is 6.81. The fraction of sp³-hybridized carbons (Fsp3) is 0.833. The summed E-state index contributed by atoms with van der Waals surface area (Å²) in [6.45, 7) is 15.0. The molecule has 0 bridgehead atoms. The molecule has 0 spiro atoms. The van der Waals surface area contributed by atoms with Crippen molar-refractivity contribution in [1.82, 2.24) is 10.3 Å². The van der Waals surface area contributed by atoms with Crippen molar-refractivity contribution in [1.29, 1.82) is 0 Å². The average molecular weight is 341 g/mol. The van der Waals surface area contributed by atoms with Crippen molar-refractivity contribution in [3.63, 3.8) is 0 Å². The second kappa shape index (κ2) is 7.18. The molecular formula is C18H32N2O2S. The minimum absolute atomic E-state index is 0.190. The van der Waals surface area contributed by atoms with Crippen molar-refractivity contribution in [2.24, 2.45) is 5.41 Å². The summed E-state index contributed by atoms with van der Waals surface area (Å²) in [6, 6.07) is 0.253. The maximum absolute atomic E-state index is 11.0. The molecule has 1 aliphatic rings. The lowest BCUT2D eigenvalue weighted by Gasteiger charge is -2.45. The number of nitrogens with zero attached hydrogens (tertiary/aromatic N) is 1. The van der Waals surface area contributed by atoms with E-state index in [9.17, 15) is 5.11 Å². The van der Waals surface area contributed by atoms with Gasteiger partial charge in [-0.1, -0.05) is 27.7 Å². The van der Waals surface area contributed by atoms with Crippen LogP contribution < -0.4 is 5.32 Å². The predicted molar refractivity (Wildman–Crippen MR) is 96.1 cm³/mol. The lowest BCUT2D eigenvalue weighted by molar-refractivity contribution is -0.131. The fourth-order valence-corrected chi connectivity index (χ4v) is 4.23. The summed E-state index contributed by atoms with van der Waals surface area (Å²) in [5, 5.41) is 15.8. The number of ether oxygens (including phenoxy) is 1. The molecule has 2 N–H and O–H groups in total. The van der Waals surface area contributed by atoms with Gasteiger partial charge in [-0.3, -0.25) is 0 Å². The van der Waals surface area contributed by atoms with Crippen molar-refractivity contribution in [2.45, 2.75) is 71.9 Å². The van der Waals surface area contributed by atoms with Crippen LogP contribution in [0.2, 0.25) is 0 Å². The molecule has 1 unspecified atom stereocenters. The molecule has 0 aliphatic carbocycles. The van der Waals surface area contributed by atoms with Crippen LogP contribution in [0.25, 0.3) is 0 Å². The van der Waals surface area contributed by atoms with E-state index in [0.29, 0.717) is 32.0 Å². The van der Waals surface area contributed by atoms with E-state index in [1.807, 2.05) is 0 Å². The number of aromatic nitrogens is 1. The number of hydrogen-bond donors (Lipinski definition) is 2. The highest BCUT2D eigenvalue weighted by molar-refractivity contribution is 7.11. The molecule has 23 heavy (non-hydrogen) atoms. The Labute approximate surface area is 144 Å². The zero-order valence-electron chi connectivity index (χ0n) is 15.4. The summed E-state index contributed by atoms with van der Waals surface area (Å²) in [5.41, 5.74) is 0.287. The number of aryl methyl sites for hydroxylation is 1. The standard InChI is InChI=1S/C18H32N2O2S/c1-12(2)16-20-14(4)15(23-16)13(3)19-11-17(5,6)18(21)7-9-22-10-8-18/h12-13,19,21H,7-11H2,1-6H3. The van der Waals surface area contributed by atoms with E-state index in [0.717, 1.165) is 12.2 Å². The maximum Gasteiger partial charge on any atom is 0.0956 e. The van der Waals surface area contributed by atoms with E-state index in [-0.39, 0.29) is 11.5 Å². The number of rotatable bonds is 6. The molecule has 1 fully saturated rings. The van der Waals surface area contributed by atoms with Crippen molar-refractivity contribution >= 4 is 11.3 Å². The van der Waals surface area contributed by atoms with Crippen LogP contribution in [-0.4, -0.2) is 35.5 Å². The summed E-state index contributed by atoms with van der Waals surface area (Å²) in [5.74, 6) is 0.471. The Kier molecular flexibility index (Phi) is 5.88. The van der Waals surface area contributed by atoms with Crippen LogP contribution >= 0.6 is 11.3 Å². The van der Waals surface area contributed by atoms with Gasteiger partial charge in [0.2, 0.25) is 0 Å². The van der Waals surface area contributed by atoms with Gasteiger partial charge in [-0.05, 0) is 13.8 Å². The SMILES string of the molecule is Cc1nc(C(C)C)sc1C(C)NCC(C)(C)C1(O)CCOCC1. The quantitative estimate of drug-likeness (QED) is 0.827. The summed E-state index contributed by atoms with van der Waals surface area (Å²) >= 11 is 1.80. The highest BCUT2D eigenvalue weighted by Gasteiger charge is 2.44. The first-order valence-electron chi connectivity index (χ1n) is 8.67. The third-order valence-electron chi connectivity index (χ3n) is 5.17. The van der Waals surface area contributed by atoms with Gasteiger partial charge in [0, 0.05) is 54.9 Å². The number of hydrogen-bond acceptors (Lipinski definition) is 5. The number of thiazole rings is 1. The van der Waals surface area contributed by atoms with Crippen molar-refractivity contribution in [2.75, 3.05) is 19.8 Å². The molecule has 0 saturated carbocycles. The van der Waals surface area contributed by atoms with E-state index >= 15 is 0 Å². The highest BCUT2D eigenvalue weighted by Crippen LogP contribution is 2.39. The molecule has 2 rings (SSSR count). The van der Waals surface area contributed by atoms with Gasteiger partial charge in [0.15, 0.2) is 0 Å². The van der Waals surface area contributed by atoms with Crippen LogP contribution in [-0.2, 0) is 4.74 Å². The first-order valence-corrected chi connectivity index (χ1v) is 9.49. The van der Waals surface area contributed by atoms with E-state index in [1.54, 1.807) is 11.3 Å². The molecule has 1 aliphatic heterocycles. The number of nitrogens with one attached hydrogen (secondary N) is 1. The second-order valence-corrected chi connectivity index (χ2v) is 8.85. The molecule has 2 heterocycles. The monoisotopic (exact) mass is 340 g/mol. The molecule has 1 aromatic rings. The average Bonchev–Trinajstić information content (AvgIpc) is 2.88. The topological polar surface area (TPSA) is 54.4 Å². The Morgan fingerprint density at radius 1 is 1.30 bits per heavy atom. The Morgan fingerprint density at radius 2 is 1.91 bits per heavy atom. The maximum atomic E-state index is 11.0. The Morgan fingerprint density at radius 3 is 2.43 bits per heavy atom. The molecular weight excluding hydrogens is 308 g/mol. The van der Waals surface area contributed by atoms with E-state index in [4.69, 9.17) is 9.72 Å². The minimum Gasteiger partial charge on any atom is -0.389 e. The summed E-state index contributed by atoms with van der Waals surface area (Å²) in [7, 11) is 0. The zero-order valence-corrected chi connectivity index (χ0v) is 16.2. The van der Waals surface area contributed by atoms with Gasteiger partial charge < -0.3 is 15.2 Å². The van der Waals surface area contributed by atoms with Crippen LogP contribution in [0.15, 0.2) is 0 Å². The summed E-state index contributed by atoms with van der Waals surface area (Å²) in [4.78, 5) is 6.00. The van der Waals surface area contributed by atoms with Gasteiger partial charge in [-0.15, -0.1) is 11.3 Å². The Hall–Kier alpha value is -0.490. The normalized spacial score (nSPS) is 20.0. The van der Waals surface area contributed by atoms with E-state index in [2.05, 4.69) is 46.9 Å². The van der Waals surface area contributed by atoms with Crippen LogP contribution in [0.4, 0.5) is 0 Å². The van der Waals surface area contributed by atoms with Crippen LogP contribution in [0.5, 0.6) is 0 Å². The van der Waals surface area contributed by atoms with Gasteiger partial charge in [0.1, 0.15) is 0 Å². The van der Waals surface area contributed by atoms with Gasteiger partial charge in [0.05, 0.1) is 16.3 Å². The minimum atomic E-state index is -0.649. The van der Waals surface area contributed by atoms with Crippen LogP contribution in [0.3, 0.4) is 0 Å². The van der Waals surface area contributed by atoms with Gasteiger partial charge in [-0.2, -0.15) is 0 Å². The first-order chi connectivity index (χ1) is 10.7. The van der Waals surface area contributed by atoms with Crippen LogP contribution in [0, 0.1) is 12.3 Å². The molecule has 4 nitrogen and oxygen atoms in total. The van der Waals surface area contributed by atoms with Crippen molar-refractivity contribution in [3.8, 4) is 0 Å². The largest absolute Gasteiger partial charge is 0.389 e. The van der Waals surface area contributed by atoms with E-state index < -0.39 is 5.60 Å². The summed E-state index contributed by atoms with van der Waals surface area (Å²) < 4.78 is 5.41. The van der Waals surface area contributed by atoms with Gasteiger partial charge in [0.25, 0.3) is 0 Å². The highest BCUT2D eigenvalue weighted by atomic mass is 32.1. The Bertz CT molecular complexity index is 519. The molecule has 5 heteroatoms. The van der Waals surface area contributed by atoms with Crippen molar-refractivity contribution in [3.05, 3.63) is 15.6 Å². The molecule has 0 radical (unpaired) electrons. The predicted octanol–water partition coefficient (Wildman–Crippen LogP) is 3.79. The number of aliphatic hydroxyl groups is 1. The zero-order chi connectivity index (χ0) is 17.3. The smallest absolute Gasteiger partial charge is 0.0956 e. The lowest BCUT2D eigenvalue weighted by atomic mass is 9.70. The third kappa shape index (κ3) is 4.13.